The van der Waals surface area contributed by atoms with Gasteiger partial charge in [-0.15, -0.1) is 0 Å². The molecule has 0 heterocycles. The number of benzene rings is 2. The third-order valence-corrected chi connectivity index (χ3v) is 5.39. The minimum atomic E-state index is 0.987. The fraction of sp³-hybridized carbons (Fsp3) is 0.125. The first-order valence-corrected chi connectivity index (χ1v) is 11.3. The maximum Gasteiger partial charge on any atom is -0.0163 e. The third kappa shape index (κ3) is 6.96. The van der Waals surface area contributed by atoms with Crippen LogP contribution in [0.25, 0.3) is 24.3 Å². The van der Waals surface area contributed by atoms with Crippen LogP contribution in [0.5, 0.6) is 0 Å². The average Bonchev–Trinajstić information content (AvgIpc) is 3.10. The van der Waals surface area contributed by atoms with Crippen LogP contribution in [-0.2, 0) is 0 Å². The van der Waals surface area contributed by atoms with E-state index in [1.54, 1.807) is 0 Å². The van der Waals surface area contributed by atoms with E-state index in [1.807, 2.05) is 13.0 Å². The van der Waals surface area contributed by atoms with Crippen LogP contribution < -0.4 is 0 Å². The Hall–Kier alpha value is -3.64. The summed E-state index contributed by atoms with van der Waals surface area (Å²) in [5.41, 5.74) is 8.55. The Morgan fingerprint density at radius 2 is 1.53 bits per heavy atom. The van der Waals surface area contributed by atoms with E-state index < -0.39 is 0 Å². The van der Waals surface area contributed by atoms with Gasteiger partial charge in [0.25, 0.3) is 0 Å². The molecule has 0 N–H and O–H groups in total. The molecule has 0 aliphatic heterocycles. The van der Waals surface area contributed by atoms with Crippen LogP contribution in [0.15, 0.2) is 114 Å². The molecule has 0 saturated heterocycles. The van der Waals surface area contributed by atoms with E-state index in [4.69, 9.17) is 0 Å². The van der Waals surface area contributed by atoms with E-state index in [-0.39, 0.29) is 0 Å². The molecule has 3 rings (SSSR count). The minimum absolute atomic E-state index is 0.987. The van der Waals surface area contributed by atoms with E-state index >= 15 is 0 Å². The second kappa shape index (κ2) is 12.3. The van der Waals surface area contributed by atoms with E-state index in [0.29, 0.717) is 0 Å². The molecule has 0 spiro atoms. The third-order valence-electron chi connectivity index (χ3n) is 5.39. The normalized spacial score (nSPS) is 14.8. The molecule has 0 nitrogen and oxygen atoms in total. The quantitative estimate of drug-likeness (QED) is 0.312. The maximum absolute atomic E-state index is 2.27. The number of hydrogen-bond donors (Lipinski definition) is 0. The predicted molar refractivity (Wildman–Crippen MR) is 144 cm³/mol. The zero-order chi connectivity index (χ0) is 22.6. The van der Waals surface area contributed by atoms with Crippen molar-refractivity contribution in [1.29, 1.82) is 0 Å². The summed E-state index contributed by atoms with van der Waals surface area (Å²) in [6, 6.07) is 15.0. The summed E-state index contributed by atoms with van der Waals surface area (Å²) in [5, 5.41) is 0. The molecule has 160 valence electrons. The van der Waals surface area contributed by atoms with Gasteiger partial charge >= 0.3 is 0 Å². The lowest BCUT2D eigenvalue weighted by Gasteiger charge is -2.09. The molecule has 1 aliphatic carbocycles. The molecule has 0 radical (unpaired) electrons. The SMILES string of the molecule is C\C=C/C(/C=C/c1cc(/C=C/c2ccccc2)cc(/C=C/C2=CC=CCC=C2)c1C)=C\C. The van der Waals surface area contributed by atoms with Gasteiger partial charge in [0.15, 0.2) is 0 Å². The van der Waals surface area contributed by atoms with Crippen molar-refractivity contribution in [2.75, 3.05) is 0 Å². The van der Waals surface area contributed by atoms with Gasteiger partial charge in [0.2, 0.25) is 0 Å². The first-order valence-electron chi connectivity index (χ1n) is 11.3. The van der Waals surface area contributed by atoms with Gasteiger partial charge in [0.1, 0.15) is 0 Å². The van der Waals surface area contributed by atoms with Crippen molar-refractivity contribution in [2.24, 2.45) is 0 Å². The Morgan fingerprint density at radius 1 is 0.781 bits per heavy atom. The molecule has 0 unspecified atom stereocenters. The molecular weight excluding hydrogens is 384 g/mol. The highest BCUT2D eigenvalue weighted by molar-refractivity contribution is 5.75. The van der Waals surface area contributed by atoms with Crippen molar-refractivity contribution in [3.63, 3.8) is 0 Å². The molecule has 0 amide bonds. The Morgan fingerprint density at radius 3 is 2.28 bits per heavy atom. The fourth-order valence-corrected chi connectivity index (χ4v) is 3.50. The van der Waals surface area contributed by atoms with Gasteiger partial charge in [-0.3, -0.25) is 0 Å². The van der Waals surface area contributed by atoms with Crippen LogP contribution in [0.1, 0.15) is 48.1 Å². The van der Waals surface area contributed by atoms with Crippen molar-refractivity contribution >= 4 is 24.3 Å². The van der Waals surface area contributed by atoms with E-state index in [2.05, 4.69) is 135 Å². The van der Waals surface area contributed by atoms with Crippen LogP contribution in [0.4, 0.5) is 0 Å². The van der Waals surface area contributed by atoms with Crippen LogP contribution >= 0.6 is 0 Å². The predicted octanol–water partition coefficient (Wildman–Crippen LogP) is 9.16. The summed E-state index contributed by atoms with van der Waals surface area (Å²) in [5.74, 6) is 0. The fourth-order valence-electron chi connectivity index (χ4n) is 3.50. The molecule has 2 aromatic carbocycles. The molecule has 2 aromatic rings. The van der Waals surface area contributed by atoms with Crippen LogP contribution in [0.2, 0.25) is 0 Å². The summed E-state index contributed by atoms with van der Waals surface area (Å²) < 4.78 is 0. The van der Waals surface area contributed by atoms with Crippen molar-refractivity contribution in [2.45, 2.75) is 27.2 Å². The first kappa shape index (κ1) is 23.0. The molecule has 0 saturated carbocycles. The Kier molecular flexibility index (Phi) is 8.83. The van der Waals surface area contributed by atoms with Crippen molar-refractivity contribution in [3.05, 3.63) is 142 Å². The van der Waals surface area contributed by atoms with E-state index in [1.165, 1.54) is 39.0 Å². The lowest BCUT2D eigenvalue weighted by atomic mass is 9.96. The Bertz CT molecular complexity index is 1140. The van der Waals surface area contributed by atoms with Crippen LogP contribution in [0, 0.1) is 6.92 Å². The molecule has 0 fully saturated rings. The molecule has 0 bridgehead atoms. The average molecular weight is 417 g/mol. The molecular formula is C32H32. The highest BCUT2D eigenvalue weighted by atomic mass is 14.1. The minimum Gasteiger partial charge on any atom is -0.0871 e. The summed E-state index contributed by atoms with van der Waals surface area (Å²) >= 11 is 0. The Labute approximate surface area is 193 Å². The molecule has 32 heavy (non-hydrogen) atoms. The van der Waals surface area contributed by atoms with Gasteiger partial charge in [-0.1, -0.05) is 115 Å². The van der Waals surface area contributed by atoms with Crippen LogP contribution in [0.3, 0.4) is 0 Å². The smallest absolute Gasteiger partial charge is 0.0163 e. The monoisotopic (exact) mass is 416 g/mol. The highest BCUT2D eigenvalue weighted by Gasteiger charge is 2.03. The zero-order valence-corrected chi connectivity index (χ0v) is 19.3. The van der Waals surface area contributed by atoms with Crippen molar-refractivity contribution < 1.29 is 0 Å². The van der Waals surface area contributed by atoms with Gasteiger partial charge in [-0.25, -0.2) is 0 Å². The topological polar surface area (TPSA) is 0 Å². The van der Waals surface area contributed by atoms with Crippen LogP contribution in [-0.4, -0.2) is 0 Å². The summed E-state index contributed by atoms with van der Waals surface area (Å²) in [7, 11) is 0. The molecule has 0 aromatic heterocycles. The highest BCUT2D eigenvalue weighted by Crippen LogP contribution is 2.23. The molecule has 1 aliphatic rings. The number of allylic oxidation sites excluding steroid dienone is 12. The molecule has 0 atom stereocenters. The molecule has 0 heteroatoms. The van der Waals surface area contributed by atoms with Gasteiger partial charge < -0.3 is 0 Å². The van der Waals surface area contributed by atoms with Gasteiger partial charge in [-0.2, -0.15) is 0 Å². The van der Waals surface area contributed by atoms with E-state index in [0.717, 1.165) is 6.42 Å². The lowest BCUT2D eigenvalue weighted by Crippen LogP contribution is -1.89. The second-order valence-corrected chi connectivity index (χ2v) is 7.76. The first-order chi connectivity index (χ1) is 15.7. The van der Waals surface area contributed by atoms with Gasteiger partial charge in [0, 0.05) is 0 Å². The van der Waals surface area contributed by atoms with Gasteiger partial charge in [0.05, 0.1) is 0 Å². The lowest BCUT2D eigenvalue weighted by molar-refractivity contribution is 1.40. The standard InChI is InChI=1S/C32H32/c1-4-13-27(5-2)20-22-31-24-30(19-18-28-16-11-8-12-17-28)25-32(26(31)3)23-21-29-14-9-6-7-10-15-29/h4-6,8-25H,7H2,1-3H3/b13-4-,19-18+,22-20+,23-21+,27-5+. The van der Waals surface area contributed by atoms with Gasteiger partial charge in [-0.05, 0) is 78.3 Å². The largest absolute Gasteiger partial charge is 0.0871 e. The Balaban J connectivity index is 2.00. The van der Waals surface area contributed by atoms with Crippen molar-refractivity contribution in [1.82, 2.24) is 0 Å². The number of rotatable bonds is 7. The zero-order valence-electron chi connectivity index (χ0n) is 19.3. The summed E-state index contributed by atoms with van der Waals surface area (Å²) in [4.78, 5) is 0. The summed E-state index contributed by atoms with van der Waals surface area (Å²) in [6.07, 6.45) is 31.3. The van der Waals surface area contributed by atoms with E-state index in [9.17, 15) is 0 Å². The second-order valence-electron chi connectivity index (χ2n) is 7.76. The summed E-state index contributed by atoms with van der Waals surface area (Å²) in [6.45, 7) is 6.32. The number of hydrogen-bond acceptors (Lipinski definition) is 0. The maximum atomic E-state index is 2.27. The van der Waals surface area contributed by atoms with Crippen molar-refractivity contribution in [3.8, 4) is 0 Å².